The van der Waals surface area contributed by atoms with Crippen molar-refractivity contribution >= 4 is 0 Å². The highest BCUT2D eigenvalue weighted by Gasteiger charge is 2.32. The lowest BCUT2D eigenvalue weighted by Crippen LogP contribution is -2.40. The standard InChI is InChI=1S/C17H24F2N2/c1-21-10-2-3-14(11-20-15-8-9-15)16(21)12-4-6-13(7-5-12)17(18)19/h4-7,14-17,20H,2-3,8-11H2,1H3. The van der Waals surface area contributed by atoms with Crippen LogP contribution in [0.5, 0.6) is 0 Å². The molecule has 4 heteroatoms. The number of halogens is 2. The number of rotatable bonds is 5. The van der Waals surface area contributed by atoms with Gasteiger partial charge in [0.25, 0.3) is 6.43 Å². The summed E-state index contributed by atoms with van der Waals surface area (Å²) in [7, 11) is 2.15. The Morgan fingerprint density at radius 1 is 1.19 bits per heavy atom. The highest BCUT2D eigenvalue weighted by atomic mass is 19.3. The number of alkyl halides is 2. The number of hydrogen-bond acceptors (Lipinski definition) is 2. The lowest BCUT2D eigenvalue weighted by Gasteiger charge is -2.40. The van der Waals surface area contributed by atoms with Crippen molar-refractivity contribution in [1.82, 2.24) is 10.2 Å². The van der Waals surface area contributed by atoms with Gasteiger partial charge in [-0.05, 0) is 50.8 Å². The maximum atomic E-state index is 12.7. The molecule has 1 aliphatic heterocycles. The highest BCUT2D eigenvalue weighted by Crippen LogP contribution is 2.36. The summed E-state index contributed by atoms with van der Waals surface area (Å²) in [4.78, 5) is 2.38. The largest absolute Gasteiger partial charge is 0.314 e. The third kappa shape index (κ3) is 3.61. The van der Waals surface area contributed by atoms with Crippen molar-refractivity contribution in [2.45, 2.75) is 44.2 Å². The molecule has 1 aromatic carbocycles. The maximum Gasteiger partial charge on any atom is 0.263 e. The van der Waals surface area contributed by atoms with E-state index in [2.05, 4.69) is 17.3 Å². The first-order chi connectivity index (χ1) is 10.1. The Bertz CT molecular complexity index is 456. The van der Waals surface area contributed by atoms with Crippen LogP contribution in [0.25, 0.3) is 0 Å². The van der Waals surface area contributed by atoms with Gasteiger partial charge in [0, 0.05) is 24.2 Å². The van der Waals surface area contributed by atoms with Gasteiger partial charge in [-0.3, -0.25) is 4.90 Å². The predicted octanol–water partition coefficient (Wildman–Crippen LogP) is 3.76. The second kappa shape index (κ2) is 6.41. The molecule has 1 heterocycles. The first-order valence-electron chi connectivity index (χ1n) is 7.97. The van der Waals surface area contributed by atoms with Gasteiger partial charge in [-0.1, -0.05) is 24.3 Å². The van der Waals surface area contributed by atoms with Gasteiger partial charge in [-0.25, -0.2) is 8.78 Å². The summed E-state index contributed by atoms with van der Waals surface area (Å²) in [6.07, 6.45) is 2.66. The average Bonchev–Trinajstić information content (AvgIpc) is 3.29. The molecule has 0 amide bonds. The van der Waals surface area contributed by atoms with Crippen molar-refractivity contribution in [1.29, 1.82) is 0 Å². The number of nitrogens with zero attached hydrogens (tertiary/aromatic N) is 1. The lowest BCUT2D eigenvalue weighted by molar-refractivity contribution is 0.119. The molecule has 0 radical (unpaired) electrons. The summed E-state index contributed by atoms with van der Waals surface area (Å²) in [6, 6.07) is 7.99. The van der Waals surface area contributed by atoms with Crippen LogP contribution in [0.3, 0.4) is 0 Å². The molecule has 3 rings (SSSR count). The molecule has 21 heavy (non-hydrogen) atoms. The van der Waals surface area contributed by atoms with Gasteiger partial charge < -0.3 is 5.32 Å². The Balaban J connectivity index is 1.73. The second-order valence-electron chi connectivity index (χ2n) is 6.48. The fourth-order valence-corrected chi connectivity index (χ4v) is 3.44. The van der Waals surface area contributed by atoms with Crippen molar-refractivity contribution in [3.63, 3.8) is 0 Å². The van der Waals surface area contributed by atoms with E-state index in [0.29, 0.717) is 12.0 Å². The van der Waals surface area contributed by atoms with Crippen molar-refractivity contribution < 1.29 is 8.78 Å². The van der Waals surface area contributed by atoms with E-state index >= 15 is 0 Å². The summed E-state index contributed by atoms with van der Waals surface area (Å²) in [5, 5.41) is 3.63. The molecule has 0 bridgehead atoms. The van der Waals surface area contributed by atoms with E-state index in [4.69, 9.17) is 0 Å². The third-order valence-corrected chi connectivity index (χ3v) is 4.78. The first kappa shape index (κ1) is 14.9. The Hall–Kier alpha value is -1.00. The van der Waals surface area contributed by atoms with E-state index < -0.39 is 6.43 Å². The summed E-state index contributed by atoms with van der Waals surface area (Å²) in [6.45, 7) is 2.12. The molecule has 2 unspecified atom stereocenters. The number of likely N-dealkylation sites (tertiary alicyclic amines) is 1. The minimum Gasteiger partial charge on any atom is -0.314 e. The molecule has 0 aromatic heterocycles. The van der Waals surface area contributed by atoms with Crippen LogP contribution in [0, 0.1) is 5.92 Å². The van der Waals surface area contributed by atoms with Crippen molar-refractivity contribution in [2.24, 2.45) is 5.92 Å². The normalized spacial score (nSPS) is 27.2. The predicted molar refractivity (Wildman–Crippen MR) is 80.5 cm³/mol. The summed E-state index contributed by atoms with van der Waals surface area (Å²) in [5.41, 5.74) is 1.29. The van der Waals surface area contributed by atoms with Crippen LogP contribution in [0.4, 0.5) is 8.78 Å². The fourth-order valence-electron chi connectivity index (χ4n) is 3.44. The first-order valence-corrected chi connectivity index (χ1v) is 7.97. The van der Waals surface area contributed by atoms with E-state index in [-0.39, 0.29) is 5.56 Å². The highest BCUT2D eigenvalue weighted by molar-refractivity contribution is 5.26. The minimum atomic E-state index is -2.38. The van der Waals surface area contributed by atoms with E-state index in [0.717, 1.165) is 19.1 Å². The molecule has 2 atom stereocenters. The molecule has 1 aliphatic carbocycles. The molecule has 1 saturated heterocycles. The minimum absolute atomic E-state index is 0.116. The monoisotopic (exact) mass is 294 g/mol. The van der Waals surface area contributed by atoms with Crippen LogP contribution in [0.1, 0.15) is 49.3 Å². The van der Waals surface area contributed by atoms with Gasteiger partial charge in [-0.15, -0.1) is 0 Å². The topological polar surface area (TPSA) is 15.3 Å². The van der Waals surface area contributed by atoms with Crippen LogP contribution in [0.15, 0.2) is 24.3 Å². The SMILES string of the molecule is CN1CCCC(CNC2CC2)C1c1ccc(C(F)F)cc1. The van der Waals surface area contributed by atoms with Gasteiger partial charge in [0.2, 0.25) is 0 Å². The van der Waals surface area contributed by atoms with Gasteiger partial charge in [0.1, 0.15) is 0 Å². The summed E-state index contributed by atoms with van der Waals surface area (Å²) >= 11 is 0. The van der Waals surface area contributed by atoms with Gasteiger partial charge in [-0.2, -0.15) is 0 Å². The second-order valence-corrected chi connectivity index (χ2v) is 6.48. The summed E-state index contributed by atoms with van der Waals surface area (Å²) in [5.74, 6) is 0.571. The molecule has 1 aromatic rings. The van der Waals surface area contributed by atoms with Crippen LogP contribution in [-0.2, 0) is 0 Å². The number of hydrogen-bond donors (Lipinski definition) is 1. The van der Waals surface area contributed by atoms with Crippen LogP contribution < -0.4 is 5.32 Å². The van der Waals surface area contributed by atoms with Crippen molar-refractivity contribution in [2.75, 3.05) is 20.1 Å². The Morgan fingerprint density at radius 2 is 1.90 bits per heavy atom. The summed E-state index contributed by atoms with van der Waals surface area (Å²) < 4.78 is 25.4. The molecular formula is C17H24F2N2. The van der Waals surface area contributed by atoms with E-state index in [1.54, 1.807) is 12.1 Å². The van der Waals surface area contributed by atoms with Crippen molar-refractivity contribution in [3.05, 3.63) is 35.4 Å². The van der Waals surface area contributed by atoms with Gasteiger partial charge in [0.15, 0.2) is 0 Å². The van der Waals surface area contributed by atoms with Crippen LogP contribution in [-0.4, -0.2) is 31.1 Å². The maximum absolute atomic E-state index is 12.7. The average molecular weight is 294 g/mol. The smallest absolute Gasteiger partial charge is 0.263 e. The zero-order valence-corrected chi connectivity index (χ0v) is 12.6. The molecule has 116 valence electrons. The molecule has 2 fully saturated rings. The van der Waals surface area contributed by atoms with E-state index in [1.165, 1.54) is 31.2 Å². The van der Waals surface area contributed by atoms with Crippen LogP contribution >= 0.6 is 0 Å². The van der Waals surface area contributed by atoms with E-state index in [1.807, 2.05) is 12.1 Å². The van der Waals surface area contributed by atoms with Crippen molar-refractivity contribution in [3.8, 4) is 0 Å². The number of piperidine rings is 1. The van der Waals surface area contributed by atoms with Crippen LogP contribution in [0.2, 0.25) is 0 Å². The number of nitrogens with one attached hydrogen (secondary N) is 1. The quantitative estimate of drug-likeness (QED) is 0.889. The molecule has 2 aliphatic rings. The number of benzene rings is 1. The van der Waals surface area contributed by atoms with Gasteiger partial charge >= 0.3 is 0 Å². The molecule has 2 nitrogen and oxygen atoms in total. The molecule has 1 saturated carbocycles. The third-order valence-electron chi connectivity index (χ3n) is 4.78. The Labute approximate surface area is 125 Å². The molecule has 1 N–H and O–H groups in total. The fraction of sp³-hybridized carbons (Fsp3) is 0.647. The zero-order valence-electron chi connectivity index (χ0n) is 12.6. The Morgan fingerprint density at radius 3 is 2.52 bits per heavy atom. The Kier molecular flexibility index (Phi) is 4.55. The lowest BCUT2D eigenvalue weighted by atomic mass is 9.84. The van der Waals surface area contributed by atoms with Gasteiger partial charge in [0.05, 0.1) is 0 Å². The molecule has 0 spiro atoms. The molecular weight excluding hydrogens is 270 g/mol. The van der Waals surface area contributed by atoms with E-state index in [9.17, 15) is 8.78 Å². The zero-order chi connectivity index (χ0) is 14.8.